The molecule has 3 aromatic heterocycles. The maximum atomic E-state index is 14.8. The summed E-state index contributed by atoms with van der Waals surface area (Å²) >= 11 is 3.09. The second kappa shape index (κ2) is 11.8. The van der Waals surface area contributed by atoms with Crippen molar-refractivity contribution < 1.29 is 13.7 Å². The Morgan fingerprint density at radius 2 is 2.02 bits per heavy atom. The summed E-state index contributed by atoms with van der Waals surface area (Å²) in [5, 5.41) is 22.7. The second-order valence-electron chi connectivity index (χ2n) is 10.1. The van der Waals surface area contributed by atoms with Crippen LogP contribution in [0.5, 0.6) is 0 Å². The molecule has 0 bridgehead atoms. The number of hydrogen-bond acceptors (Lipinski definition) is 6. The average Bonchev–Trinajstić information content (AvgIpc) is 3.32. The van der Waals surface area contributed by atoms with Crippen molar-refractivity contribution in [2.24, 2.45) is 11.1 Å². The summed E-state index contributed by atoms with van der Waals surface area (Å²) in [6.45, 7) is 1.92. The number of hydrogen-bond donors (Lipinski definition) is 2. The first-order valence-electron chi connectivity index (χ1n) is 13.2. The van der Waals surface area contributed by atoms with Gasteiger partial charge in [-0.15, -0.1) is 22.7 Å². The molecule has 208 valence electrons. The summed E-state index contributed by atoms with van der Waals surface area (Å²) in [5.74, 6) is 6.50. The molecule has 10 heteroatoms. The van der Waals surface area contributed by atoms with Gasteiger partial charge in [-0.1, -0.05) is 30.0 Å². The first kappa shape index (κ1) is 27.7. The first-order valence-corrected chi connectivity index (χ1v) is 16.1. The molecular formula is C31H27FN4O2S3. The predicted octanol–water partition coefficient (Wildman–Crippen LogP) is 5.92. The van der Waals surface area contributed by atoms with Gasteiger partial charge in [0, 0.05) is 33.4 Å². The quantitative estimate of drug-likeness (QED) is 0.216. The van der Waals surface area contributed by atoms with Gasteiger partial charge in [0.05, 0.1) is 33.5 Å². The number of thiophene rings is 1. The van der Waals surface area contributed by atoms with Crippen LogP contribution in [-0.4, -0.2) is 24.1 Å². The summed E-state index contributed by atoms with van der Waals surface area (Å²) in [7, 11) is -1.90. The maximum Gasteiger partial charge on any atom is 0.210 e. The van der Waals surface area contributed by atoms with E-state index in [0.29, 0.717) is 23.2 Å². The molecule has 6 nitrogen and oxygen atoms in total. The van der Waals surface area contributed by atoms with Crippen LogP contribution in [0.1, 0.15) is 50.7 Å². The van der Waals surface area contributed by atoms with E-state index in [1.165, 1.54) is 28.3 Å². The van der Waals surface area contributed by atoms with Crippen LogP contribution in [0.2, 0.25) is 0 Å². The molecular weight excluding hydrogens is 576 g/mol. The highest BCUT2D eigenvalue weighted by Crippen LogP contribution is 2.38. The number of nitrogens with zero attached hydrogens (tertiary/aromatic N) is 3. The van der Waals surface area contributed by atoms with Gasteiger partial charge in [0.15, 0.2) is 0 Å². The highest BCUT2D eigenvalue weighted by atomic mass is 32.2. The van der Waals surface area contributed by atoms with Gasteiger partial charge in [-0.05, 0) is 74.1 Å². The van der Waals surface area contributed by atoms with Crippen molar-refractivity contribution in [2.75, 3.05) is 0 Å². The number of nitrogens with two attached hydrogens (primary N) is 1. The van der Waals surface area contributed by atoms with Gasteiger partial charge in [-0.2, -0.15) is 5.10 Å². The number of aromatic nitrogens is 3. The fourth-order valence-corrected chi connectivity index (χ4v) is 6.70. The summed E-state index contributed by atoms with van der Waals surface area (Å²) in [6.07, 6.45) is 3.55. The summed E-state index contributed by atoms with van der Waals surface area (Å²) in [5.41, 5.74) is 5.89. The number of aliphatic hydroxyl groups excluding tert-OH is 1. The molecule has 0 spiro atoms. The van der Waals surface area contributed by atoms with E-state index in [0.717, 1.165) is 57.8 Å². The van der Waals surface area contributed by atoms with Crippen LogP contribution in [0, 0.1) is 30.5 Å². The Bertz CT molecular complexity index is 1820. The normalized spacial score (nSPS) is 13.7. The largest absolute Gasteiger partial charge is 0.390 e. The molecule has 3 N–H and O–H groups in total. The third kappa shape index (κ3) is 6.25. The maximum absolute atomic E-state index is 14.8. The van der Waals surface area contributed by atoms with E-state index in [1.807, 2.05) is 40.4 Å². The number of thiazole rings is 1. The molecule has 1 aliphatic carbocycles. The zero-order chi connectivity index (χ0) is 28.5. The Kier molecular flexibility index (Phi) is 7.97. The minimum atomic E-state index is -1.90. The molecule has 6 rings (SSSR count). The second-order valence-corrected chi connectivity index (χ2v) is 13.3. The van der Waals surface area contributed by atoms with Crippen molar-refractivity contribution in [1.82, 2.24) is 14.8 Å². The molecule has 1 atom stereocenters. The summed E-state index contributed by atoms with van der Waals surface area (Å²) < 4.78 is 28.4. The minimum absolute atomic E-state index is 0.0191. The van der Waals surface area contributed by atoms with Crippen LogP contribution in [-0.2, 0) is 30.4 Å². The van der Waals surface area contributed by atoms with Crippen molar-refractivity contribution in [3.8, 4) is 28.2 Å². The van der Waals surface area contributed by atoms with E-state index in [2.05, 4.69) is 29.8 Å². The van der Waals surface area contributed by atoms with Crippen molar-refractivity contribution in [2.45, 2.75) is 44.1 Å². The van der Waals surface area contributed by atoms with Crippen molar-refractivity contribution in [3.63, 3.8) is 0 Å². The molecule has 3 heterocycles. The number of aryl methyl sites for hydroxylation is 1. The van der Waals surface area contributed by atoms with E-state index < -0.39 is 16.8 Å². The Morgan fingerprint density at radius 1 is 1.17 bits per heavy atom. The third-order valence-corrected chi connectivity index (χ3v) is 9.50. The number of halogens is 1. The highest BCUT2D eigenvalue weighted by molar-refractivity contribution is 7.82. The molecule has 0 saturated heterocycles. The molecule has 1 unspecified atom stereocenters. The van der Waals surface area contributed by atoms with Gasteiger partial charge in [0.2, 0.25) is 5.13 Å². The summed E-state index contributed by atoms with van der Waals surface area (Å²) in [6, 6.07) is 16.8. The SMILES string of the molecule is Cc1ccc(C#Cc2cccc(-c3nn(-c4nc(CO)cs4)c(CC4CC4)c3Cc3ccc(S(N)=O)c(F)c3)c2)s1. The van der Waals surface area contributed by atoms with Crippen molar-refractivity contribution in [1.29, 1.82) is 0 Å². The third-order valence-electron chi connectivity index (χ3n) is 6.95. The smallest absolute Gasteiger partial charge is 0.210 e. The van der Waals surface area contributed by atoms with Crippen LogP contribution in [0.3, 0.4) is 0 Å². The lowest BCUT2D eigenvalue weighted by molar-refractivity contribution is 0.277. The lowest BCUT2D eigenvalue weighted by Gasteiger charge is -2.10. The topological polar surface area (TPSA) is 94.0 Å². The molecule has 5 aromatic rings. The van der Waals surface area contributed by atoms with Crippen LogP contribution >= 0.6 is 22.7 Å². The minimum Gasteiger partial charge on any atom is -0.390 e. The van der Waals surface area contributed by atoms with Crippen LogP contribution in [0.4, 0.5) is 4.39 Å². The first-order chi connectivity index (χ1) is 19.9. The van der Waals surface area contributed by atoms with Gasteiger partial charge in [-0.3, -0.25) is 0 Å². The average molecular weight is 603 g/mol. The van der Waals surface area contributed by atoms with Gasteiger partial charge in [-0.25, -0.2) is 23.4 Å². The Labute approximate surface area is 248 Å². The Balaban J connectivity index is 1.47. The zero-order valence-electron chi connectivity index (χ0n) is 22.3. The van der Waals surface area contributed by atoms with E-state index in [9.17, 15) is 13.7 Å². The monoisotopic (exact) mass is 602 g/mol. The number of rotatable bonds is 8. The standard InChI is InChI=1S/C31H27FN4O2S3/c1-19-5-10-25(40-19)11-8-20-3-2-4-23(13-20)30-26(14-22-9-12-29(41(33)38)27(32)15-22)28(16-21-6-7-21)36(35-30)31-34-24(17-37)18-39-31/h2-5,9-10,12-13,15,18,21,37H,6-7,14,16-17,33H2,1H3. The van der Waals surface area contributed by atoms with Gasteiger partial charge < -0.3 is 5.11 Å². The Morgan fingerprint density at radius 3 is 2.71 bits per heavy atom. The molecule has 1 fully saturated rings. The van der Waals surface area contributed by atoms with E-state index in [1.54, 1.807) is 17.4 Å². The van der Waals surface area contributed by atoms with E-state index in [4.69, 9.17) is 10.2 Å². The van der Waals surface area contributed by atoms with Crippen LogP contribution in [0.25, 0.3) is 16.4 Å². The zero-order valence-corrected chi connectivity index (χ0v) is 24.7. The molecule has 1 saturated carbocycles. The van der Waals surface area contributed by atoms with Gasteiger partial charge in [0.25, 0.3) is 0 Å². The van der Waals surface area contributed by atoms with Crippen LogP contribution < -0.4 is 5.14 Å². The lowest BCUT2D eigenvalue weighted by Crippen LogP contribution is -2.07. The van der Waals surface area contributed by atoms with Gasteiger partial charge in [0.1, 0.15) is 16.8 Å². The molecule has 0 amide bonds. The van der Waals surface area contributed by atoms with E-state index >= 15 is 0 Å². The number of aliphatic hydroxyl groups is 1. The fraction of sp³-hybridized carbons (Fsp3) is 0.226. The highest BCUT2D eigenvalue weighted by Gasteiger charge is 2.29. The molecule has 0 radical (unpaired) electrons. The molecule has 41 heavy (non-hydrogen) atoms. The summed E-state index contributed by atoms with van der Waals surface area (Å²) in [4.78, 5) is 6.82. The number of benzene rings is 2. The molecule has 1 aliphatic rings. The predicted molar refractivity (Wildman–Crippen MR) is 162 cm³/mol. The molecule has 0 aliphatic heterocycles. The lowest BCUT2D eigenvalue weighted by atomic mass is 9.96. The van der Waals surface area contributed by atoms with Crippen LogP contribution in [0.15, 0.2) is 64.9 Å². The van der Waals surface area contributed by atoms with Crippen molar-refractivity contribution in [3.05, 3.63) is 104 Å². The molecule has 2 aromatic carbocycles. The van der Waals surface area contributed by atoms with Crippen molar-refractivity contribution >= 4 is 33.7 Å². The van der Waals surface area contributed by atoms with E-state index in [-0.39, 0.29) is 11.5 Å². The van der Waals surface area contributed by atoms with Gasteiger partial charge >= 0.3 is 0 Å². The fourth-order valence-electron chi connectivity index (χ4n) is 4.73. The Hall–Kier alpha value is -3.46.